The van der Waals surface area contributed by atoms with Gasteiger partial charge in [-0.05, 0) is 34.6 Å². The van der Waals surface area contributed by atoms with Crippen LogP contribution in [0.4, 0.5) is 0 Å². The fourth-order valence-corrected chi connectivity index (χ4v) is 3.76. The Morgan fingerprint density at radius 1 is 1.10 bits per heavy atom. The van der Waals surface area contributed by atoms with Crippen LogP contribution in [0, 0.1) is 0 Å². The molecule has 0 saturated carbocycles. The van der Waals surface area contributed by atoms with Crippen molar-refractivity contribution in [2.24, 2.45) is 0 Å². The summed E-state index contributed by atoms with van der Waals surface area (Å²) in [6.07, 6.45) is 0. The first-order chi connectivity index (χ1) is 10.2. The fraction of sp³-hybridized carbons (Fsp3) is 0.167. The van der Waals surface area contributed by atoms with Crippen molar-refractivity contribution < 1.29 is 9.90 Å². The molecule has 0 heterocycles. The number of fused-ring (bicyclic) bond motifs is 3. The summed E-state index contributed by atoms with van der Waals surface area (Å²) in [5.74, 6) is 0.341. The lowest BCUT2D eigenvalue weighted by atomic mass is 9.99. The summed E-state index contributed by atoms with van der Waals surface area (Å²) >= 11 is 1.57. The average molecular weight is 296 g/mol. The van der Waals surface area contributed by atoms with E-state index < -0.39 is 5.97 Å². The molecule has 0 aromatic heterocycles. The number of carboxylic acid groups (broad SMARTS) is 1. The van der Waals surface area contributed by atoms with Gasteiger partial charge < -0.3 is 5.11 Å². The van der Waals surface area contributed by atoms with Gasteiger partial charge >= 0.3 is 5.97 Å². The highest BCUT2D eigenvalue weighted by atomic mass is 32.2. The summed E-state index contributed by atoms with van der Waals surface area (Å²) in [7, 11) is 0. The lowest BCUT2D eigenvalue weighted by molar-refractivity contribution is -0.132. The number of rotatable bonds is 4. The number of carboxylic acids is 1. The van der Waals surface area contributed by atoms with Gasteiger partial charge in [-0.2, -0.15) is 0 Å². The van der Waals surface area contributed by atoms with Crippen LogP contribution in [0.1, 0.15) is 24.0 Å². The molecule has 106 valence electrons. The van der Waals surface area contributed by atoms with Crippen molar-refractivity contribution in [3.63, 3.8) is 0 Å². The van der Waals surface area contributed by atoms with Crippen molar-refractivity contribution in [2.75, 3.05) is 5.75 Å². The third-order valence-electron chi connectivity index (χ3n) is 3.82. The molecule has 0 aliphatic heterocycles. The molecule has 2 aromatic carbocycles. The van der Waals surface area contributed by atoms with Crippen LogP contribution in [0.2, 0.25) is 0 Å². The second-order valence-electron chi connectivity index (χ2n) is 5.17. The second-order valence-corrected chi connectivity index (χ2v) is 6.07. The highest BCUT2D eigenvalue weighted by Crippen LogP contribution is 2.45. The van der Waals surface area contributed by atoms with E-state index in [1.54, 1.807) is 24.1 Å². The first-order valence-corrected chi connectivity index (χ1v) is 7.93. The number of carbonyl (C=O) groups is 1. The zero-order valence-electron chi connectivity index (χ0n) is 11.7. The number of aliphatic carboxylic acids is 1. The normalized spacial score (nSPS) is 13.9. The predicted octanol–water partition coefficient (Wildman–Crippen LogP) is 4.52. The van der Waals surface area contributed by atoms with E-state index in [9.17, 15) is 4.79 Å². The SMILES string of the molecule is C/C(=C/SCC1c2ccccc2-c2ccccc21)C(=O)O. The summed E-state index contributed by atoms with van der Waals surface area (Å²) < 4.78 is 0. The minimum absolute atomic E-state index is 0.334. The van der Waals surface area contributed by atoms with Gasteiger partial charge in [-0.25, -0.2) is 4.79 Å². The zero-order valence-corrected chi connectivity index (χ0v) is 12.6. The third kappa shape index (κ3) is 2.61. The van der Waals surface area contributed by atoms with E-state index in [1.165, 1.54) is 22.3 Å². The number of hydrogen-bond donors (Lipinski definition) is 1. The lowest BCUT2D eigenvalue weighted by Crippen LogP contribution is -2.00. The molecule has 2 aromatic rings. The molecular weight excluding hydrogens is 280 g/mol. The Morgan fingerprint density at radius 2 is 1.62 bits per heavy atom. The van der Waals surface area contributed by atoms with Gasteiger partial charge in [-0.3, -0.25) is 0 Å². The standard InChI is InChI=1S/C18H16O2S/c1-12(18(19)20)10-21-11-17-15-8-4-2-6-13(15)14-7-3-5-9-16(14)17/h2-10,17H,11H2,1H3,(H,19,20)/b12-10-. The first kappa shape index (κ1) is 14.0. The highest BCUT2D eigenvalue weighted by molar-refractivity contribution is 8.02. The van der Waals surface area contributed by atoms with Crippen molar-refractivity contribution in [3.05, 3.63) is 70.6 Å². The van der Waals surface area contributed by atoms with Crippen molar-refractivity contribution in [1.29, 1.82) is 0 Å². The van der Waals surface area contributed by atoms with Gasteiger partial charge in [-0.1, -0.05) is 48.5 Å². The van der Waals surface area contributed by atoms with Crippen LogP contribution >= 0.6 is 11.8 Å². The van der Waals surface area contributed by atoms with Crippen LogP contribution < -0.4 is 0 Å². The predicted molar refractivity (Wildman–Crippen MR) is 87.6 cm³/mol. The van der Waals surface area contributed by atoms with E-state index in [-0.39, 0.29) is 0 Å². The maximum absolute atomic E-state index is 10.8. The summed E-state index contributed by atoms with van der Waals surface area (Å²) in [5, 5.41) is 10.6. The third-order valence-corrected chi connectivity index (χ3v) is 4.87. The Morgan fingerprint density at radius 3 is 2.14 bits per heavy atom. The molecule has 21 heavy (non-hydrogen) atoms. The molecule has 0 unspecified atom stereocenters. The molecule has 0 bridgehead atoms. The second kappa shape index (κ2) is 5.78. The molecule has 0 fully saturated rings. The number of hydrogen-bond acceptors (Lipinski definition) is 2. The van der Waals surface area contributed by atoms with Gasteiger partial charge in [0, 0.05) is 17.2 Å². The van der Waals surface area contributed by atoms with Crippen LogP contribution in [0.3, 0.4) is 0 Å². The summed E-state index contributed by atoms with van der Waals surface area (Å²) in [5.41, 5.74) is 5.68. The van der Waals surface area contributed by atoms with Gasteiger partial charge in [-0.15, -0.1) is 11.8 Å². The Kier molecular flexibility index (Phi) is 3.84. The van der Waals surface area contributed by atoms with Crippen molar-refractivity contribution in [2.45, 2.75) is 12.8 Å². The monoisotopic (exact) mass is 296 g/mol. The molecule has 1 aliphatic rings. The van der Waals surface area contributed by atoms with E-state index in [4.69, 9.17) is 5.11 Å². The number of benzene rings is 2. The van der Waals surface area contributed by atoms with Crippen LogP contribution in [0.5, 0.6) is 0 Å². The average Bonchev–Trinajstić information content (AvgIpc) is 2.82. The Labute approximate surface area is 128 Å². The first-order valence-electron chi connectivity index (χ1n) is 6.88. The summed E-state index contributed by atoms with van der Waals surface area (Å²) in [4.78, 5) is 10.8. The quantitative estimate of drug-likeness (QED) is 0.843. The molecular formula is C18H16O2S. The lowest BCUT2D eigenvalue weighted by Gasteiger charge is -2.11. The molecule has 0 radical (unpaired) electrons. The molecule has 1 aliphatic carbocycles. The van der Waals surface area contributed by atoms with Crippen LogP contribution in [-0.4, -0.2) is 16.8 Å². The summed E-state index contributed by atoms with van der Waals surface area (Å²) in [6, 6.07) is 17.0. The molecule has 3 heteroatoms. The molecule has 3 rings (SSSR count). The van der Waals surface area contributed by atoms with Gasteiger partial charge in [0.1, 0.15) is 0 Å². The number of thioether (sulfide) groups is 1. The molecule has 0 spiro atoms. The molecule has 0 saturated heterocycles. The van der Waals surface area contributed by atoms with E-state index in [2.05, 4.69) is 48.5 Å². The largest absolute Gasteiger partial charge is 0.478 e. The van der Waals surface area contributed by atoms with E-state index in [0.717, 1.165) is 5.75 Å². The Bertz CT molecular complexity index is 673. The van der Waals surface area contributed by atoms with Crippen molar-refractivity contribution >= 4 is 17.7 Å². The molecule has 0 amide bonds. The van der Waals surface area contributed by atoms with Crippen LogP contribution in [0.25, 0.3) is 11.1 Å². The van der Waals surface area contributed by atoms with Crippen molar-refractivity contribution in [1.82, 2.24) is 0 Å². The smallest absolute Gasteiger partial charge is 0.331 e. The van der Waals surface area contributed by atoms with Gasteiger partial charge in [0.25, 0.3) is 0 Å². The van der Waals surface area contributed by atoms with Gasteiger partial charge in [0.15, 0.2) is 0 Å². The molecule has 1 N–H and O–H groups in total. The highest BCUT2D eigenvalue weighted by Gasteiger charge is 2.27. The van der Waals surface area contributed by atoms with Crippen LogP contribution in [0.15, 0.2) is 59.5 Å². The van der Waals surface area contributed by atoms with Crippen molar-refractivity contribution in [3.8, 4) is 11.1 Å². The minimum atomic E-state index is -0.852. The Hall–Kier alpha value is -2.00. The van der Waals surface area contributed by atoms with E-state index in [1.807, 2.05) is 0 Å². The molecule has 0 atom stereocenters. The van der Waals surface area contributed by atoms with E-state index in [0.29, 0.717) is 11.5 Å². The maximum Gasteiger partial charge on any atom is 0.331 e. The topological polar surface area (TPSA) is 37.3 Å². The maximum atomic E-state index is 10.8. The molecule has 2 nitrogen and oxygen atoms in total. The van der Waals surface area contributed by atoms with E-state index >= 15 is 0 Å². The fourth-order valence-electron chi connectivity index (χ4n) is 2.76. The summed E-state index contributed by atoms with van der Waals surface area (Å²) in [6.45, 7) is 1.63. The van der Waals surface area contributed by atoms with Gasteiger partial charge in [0.2, 0.25) is 0 Å². The van der Waals surface area contributed by atoms with Gasteiger partial charge in [0.05, 0.1) is 0 Å². The zero-order chi connectivity index (χ0) is 14.8. The Balaban J connectivity index is 1.89. The minimum Gasteiger partial charge on any atom is -0.478 e. The van der Waals surface area contributed by atoms with Crippen LogP contribution in [-0.2, 0) is 4.79 Å².